The van der Waals surface area contributed by atoms with E-state index in [0.29, 0.717) is 0 Å². The number of ether oxygens (including phenoxy) is 4. The minimum absolute atomic E-state index is 0.0784. The maximum Gasteiger partial charge on any atom is 0.132 e. The molecule has 7 heteroatoms. The summed E-state index contributed by atoms with van der Waals surface area (Å²) in [6.07, 6.45) is 0.157. The first-order valence-electron chi connectivity index (χ1n) is 12.9. The molecule has 0 unspecified atom stereocenters. The van der Waals surface area contributed by atoms with Crippen LogP contribution >= 0.6 is 34.0 Å². The zero-order valence-corrected chi connectivity index (χ0v) is 25.4. The molecule has 0 aliphatic heterocycles. The van der Waals surface area contributed by atoms with E-state index < -0.39 is 0 Å². The third-order valence-corrected chi connectivity index (χ3v) is 9.62. The van der Waals surface area contributed by atoms with Crippen LogP contribution < -0.4 is 18.9 Å². The van der Waals surface area contributed by atoms with Gasteiger partial charge in [-0.25, -0.2) is 0 Å². The molecule has 0 fully saturated rings. The van der Waals surface area contributed by atoms with Crippen LogP contribution in [0.5, 0.6) is 23.0 Å². The molecule has 0 amide bonds. The summed E-state index contributed by atoms with van der Waals surface area (Å²) < 4.78 is 23.6. The Bertz CT molecular complexity index is 1440. The summed E-state index contributed by atoms with van der Waals surface area (Å²) in [4.78, 5) is 7.16. The number of thiophene rings is 3. The quantitative estimate of drug-likeness (QED) is 0.166. The van der Waals surface area contributed by atoms with Gasteiger partial charge in [-0.15, -0.1) is 34.0 Å². The van der Waals surface area contributed by atoms with Gasteiger partial charge in [0.2, 0.25) is 0 Å². The molecule has 0 aliphatic carbocycles. The molecule has 2 aromatic carbocycles. The van der Waals surface area contributed by atoms with E-state index in [1.807, 2.05) is 64.1 Å². The lowest BCUT2D eigenvalue weighted by Gasteiger charge is -2.16. The van der Waals surface area contributed by atoms with Crippen molar-refractivity contribution in [3.63, 3.8) is 0 Å². The molecule has 39 heavy (non-hydrogen) atoms. The van der Waals surface area contributed by atoms with Gasteiger partial charge >= 0.3 is 0 Å². The average molecular weight is 577 g/mol. The molecule has 3 heterocycles. The Labute approximate surface area is 242 Å². The minimum Gasteiger partial charge on any atom is -0.496 e. The van der Waals surface area contributed by atoms with Crippen molar-refractivity contribution in [2.75, 3.05) is 14.2 Å². The Morgan fingerprint density at radius 2 is 0.744 bits per heavy atom. The molecular weight excluding hydrogens is 545 g/mol. The molecule has 0 saturated carbocycles. The van der Waals surface area contributed by atoms with Crippen LogP contribution in [0.25, 0.3) is 40.4 Å². The van der Waals surface area contributed by atoms with Gasteiger partial charge in [0.1, 0.15) is 23.0 Å². The first-order chi connectivity index (χ1) is 18.9. The predicted molar refractivity (Wildman–Crippen MR) is 166 cm³/mol. The fraction of sp³-hybridized carbons (Fsp3) is 0.250. The van der Waals surface area contributed by atoms with Crippen molar-refractivity contribution in [1.82, 2.24) is 0 Å². The van der Waals surface area contributed by atoms with Gasteiger partial charge in [-0.05, 0) is 88.4 Å². The zero-order chi connectivity index (χ0) is 27.5. The van der Waals surface area contributed by atoms with E-state index in [1.165, 1.54) is 19.5 Å². The highest BCUT2D eigenvalue weighted by Crippen LogP contribution is 2.48. The van der Waals surface area contributed by atoms with E-state index in [9.17, 15) is 0 Å². The number of methoxy groups -OCH3 is 2. The number of hydrogen-bond donors (Lipinski definition) is 0. The van der Waals surface area contributed by atoms with Crippen molar-refractivity contribution in [3.8, 4) is 63.4 Å². The molecule has 0 N–H and O–H groups in total. The van der Waals surface area contributed by atoms with E-state index >= 15 is 0 Å². The Kier molecular flexibility index (Phi) is 8.31. The minimum atomic E-state index is 0.0784. The Balaban J connectivity index is 1.45. The smallest absolute Gasteiger partial charge is 0.132 e. The normalized spacial score (nSPS) is 11.3. The maximum atomic E-state index is 6.12. The summed E-state index contributed by atoms with van der Waals surface area (Å²) >= 11 is 5.31. The van der Waals surface area contributed by atoms with Gasteiger partial charge in [-0.1, -0.05) is 12.1 Å². The van der Waals surface area contributed by atoms with Crippen LogP contribution in [-0.2, 0) is 0 Å². The predicted octanol–water partition coefficient (Wildman–Crippen LogP) is 10.1. The number of hydrogen-bond acceptors (Lipinski definition) is 7. The Morgan fingerprint density at radius 1 is 0.436 bits per heavy atom. The molecular formula is C32H32O4S3. The summed E-state index contributed by atoms with van der Waals surface area (Å²) in [5, 5.41) is 0. The van der Waals surface area contributed by atoms with Crippen molar-refractivity contribution in [3.05, 3.63) is 72.8 Å². The molecule has 5 aromatic rings. The maximum absolute atomic E-state index is 6.12. The standard InChI is InChI=1S/C32H32O4S3/c1-19(2)35-23-11-7-9-21(33-5)31(23)29-17-15-27(38-29)25-13-14-26(37-25)28-16-18-30(39-28)32-22(34-6)10-8-12-24(32)36-20(3)4/h7-20H,1-6H3. The molecule has 5 rings (SSSR count). The number of benzene rings is 2. The topological polar surface area (TPSA) is 36.9 Å². The summed E-state index contributed by atoms with van der Waals surface area (Å²) in [6, 6.07) is 25.0. The highest BCUT2D eigenvalue weighted by Gasteiger charge is 2.19. The third-order valence-electron chi connectivity index (χ3n) is 5.94. The second-order valence-electron chi connectivity index (χ2n) is 9.49. The lowest BCUT2D eigenvalue weighted by molar-refractivity contribution is 0.242. The van der Waals surface area contributed by atoms with Crippen molar-refractivity contribution in [1.29, 1.82) is 0 Å². The van der Waals surface area contributed by atoms with Crippen molar-refractivity contribution >= 4 is 34.0 Å². The Morgan fingerprint density at radius 3 is 1.08 bits per heavy atom. The fourth-order valence-corrected chi connectivity index (χ4v) is 7.67. The van der Waals surface area contributed by atoms with Crippen LogP contribution in [0.2, 0.25) is 0 Å². The average Bonchev–Trinajstić information content (AvgIpc) is 3.68. The van der Waals surface area contributed by atoms with Crippen LogP contribution in [0.15, 0.2) is 72.8 Å². The molecule has 3 aromatic heterocycles. The van der Waals surface area contributed by atoms with Gasteiger partial charge in [0.25, 0.3) is 0 Å². The lowest BCUT2D eigenvalue weighted by Crippen LogP contribution is -2.06. The summed E-state index contributed by atoms with van der Waals surface area (Å²) in [5.41, 5.74) is 2.00. The van der Waals surface area contributed by atoms with Gasteiger partial charge in [0.05, 0.1) is 37.6 Å². The van der Waals surface area contributed by atoms with Crippen LogP contribution in [-0.4, -0.2) is 26.4 Å². The van der Waals surface area contributed by atoms with E-state index in [-0.39, 0.29) is 12.2 Å². The van der Waals surface area contributed by atoms with Crippen LogP contribution in [0, 0.1) is 0 Å². The van der Waals surface area contributed by atoms with E-state index in [1.54, 1.807) is 48.2 Å². The number of rotatable bonds is 10. The molecule has 0 bridgehead atoms. The second-order valence-corrected chi connectivity index (χ2v) is 12.7. The van der Waals surface area contributed by atoms with E-state index in [0.717, 1.165) is 43.9 Å². The van der Waals surface area contributed by atoms with Gasteiger partial charge in [-0.2, -0.15) is 0 Å². The van der Waals surface area contributed by atoms with E-state index in [2.05, 4.69) is 36.4 Å². The fourth-order valence-electron chi connectivity index (χ4n) is 4.36. The van der Waals surface area contributed by atoms with E-state index in [4.69, 9.17) is 18.9 Å². The SMILES string of the molecule is COc1cccc(OC(C)C)c1-c1ccc(-c2ccc(-c3ccc(-c4c(OC)cccc4OC(C)C)s3)s2)s1. The zero-order valence-electron chi connectivity index (χ0n) is 22.9. The van der Waals surface area contributed by atoms with Crippen molar-refractivity contribution < 1.29 is 18.9 Å². The molecule has 0 radical (unpaired) electrons. The molecule has 0 spiro atoms. The highest BCUT2D eigenvalue weighted by atomic mass is 32.1. The molecule has 0 aliphatic rings. The van der Waals surface area contributed by atoms with Gasteiger partial charge in [0.15, 0.2) is 0 Å². The third kappa shape index (κ3) is 5.86. The van der Waals surface area contributed by atoms with Crippen molar-refractivity contribution in [2.24, 2.45) is 0 Å². The summed E-state index contributed by atoms with van der Waals surface area (Å²) in [6.45, 7) is 8.16. The highest BCUT2D eigenvalue weighted by molar-refractivity contribution is 7.28. The van der Waals surface area contributed by atoms with Gasteiger partial charge < -0.3 is 18.9 Å². The van der Waals surface area contributed by atoms with Crippen LogP contribution in [0.4, 0.5) is 0 Å². The Hall–Kier alpha value is -3.26. The van der Waals surface area contributed by atoms with Gasteiger partial charge in [0, 0.05) is 29.3 Å². The molecule has 0 saturated heterocycles. The second kappa shape index (κ2) is 11.9. The molecule has 202 valence electrons. The molecule has 0 atom stereocenters. The van der Waals surface area contributed by atoms with Gasteiger partial charge in [-0.3, -0.25) is 0 Å². The first-order valence-corrected chi connectivity index (χ1v) is 15.3. The lowest BCUT2D eigenvalue weighted by atomic mass is 10.1. The largest absolute Gasteiger partial charge is 0.496 e. The molecule has 4 nitrogen and oxygen atoms in total. The van der Waals surface area contributed by atoms with Crippen molar-refractivity contribution in [2.45, 2.75) is 39.9 Å². The summed E-state index contributed by atoms with van der Waals surface area (Å²) in [7, 11) is 3.41. The van der Waals surface area contributed by atoms with Crippen LogP contribution in [0.3, 0.4) is 0 Å². The van der Waals surface area contributed by atoms with Crippen LogP contribution in [0.1, 0.15) is 27.7 Å². The summed E-state index contributed by atoms with van der Waals surface area (Å²) in [5.74, 6) is 3.31. The first kappa shape index (κ1) is 27.3. The monoisotopic (exact) mass is 576 g/mol.